The summed E-state index contributed by atoms with van der Waals surface area (Å²) in [6, 6.07) is 2.94. The van der Waals surface area contributed by atoms with Crippen LogP contribution in [0, 0.1) is 23.7 Å². The molecule has 3 fully saturated rings. The molecule has 0 radical (unpaired) electrons. The maximum atomic E-state index is 4.36. The minimum Gasteiger partial charge on any atom is -0.308 e. The first-order valence-electron chi connectivity index (χ1n) is 8.11. The number of hydrogen-bond acceptors (Lipinski definition) is 2. The molecule has 1 heterocycles. The second kappa shape index (κ2) is 4.62. The van der Waals surface area contributed by atoms with E-state index < -0.39 is 0 Å². The molecule has 3 saturated carbocycles. The van der Waals surface area contributed by atoms with Crippen LogP contribution in [0.3, 0.4) is 0 Å². The van der Waals surface area contributed by atoms with Crippen molar-refractivity contribution in [3.63, 3.8) is 0 Å². The molecule has 104 valence electrons. The van der Waals surface area contributed by atoms with Crippen molar-refractivity contribution in [2.24, 2.45) is 23.7 Å². The maximum Gasteiger partial charge on any atom is 0.0522 e. The van der Waals surface area contributed by atoms with Gasteiger partial charge in [0.1, 0.15) is 0 Å². The smallest absolute Gasteiger partial charge is 0.0522 e. The van der Waals surface area contributed by atoms with Crippen molar-refractivity contribution >= 4 is 0 Å². The first-order chi connectivity index (χ1) is 9.36. The van der Waals surface area contributed by atoms with Crippen molar-refractivity contribution in [2.45, 2.75) is 58.2 Å². The fraction of sp³-hybridized carbons (Fsp3) is 0.812. The summed E-state index contributed by atoms with van der Waals surface area (Å²) in [6.45, 7) is 4.14. The standard InChI is InChI=1S/C16H25N3/c1-2-19-12(6-7-18-19)10-17-16-9-11-8-15(16)14-5-3-4-13(11)14/h6-7,11,13-17H,2-5,8-10H2,1H3. The molecule has 3 aliphatic rings. The van der Waals surface area contributed by atoms with Gasteiger partial charge in [0.2, 0.25) is 0 Å². The highest BCUT2D eigenvalue weighted by atomic mass is 15.3. The predicted octanol–water partition coefficient (Wildman–Crippen LogP) is 2.82. The van der Waals surface area contributed by atoms with Gasteiger partial charge in [-0.1, -0.05) is 6.42 Å². The summed E-state index contributed by atoms with van der Waals surface area (Å²) in [7, 11) is 0. The molecule has 3 nitrogen and oxygen atoms in total. The van der Waals surface area contributed by atoms with E-state index in [1.54, 1.807) is 0 Å². The first kappa shape index (κ1) is 12.0. The van der Waals surface area contributed by atoms with Gasteiger partial charge in [-0.25, -0.2) is 0 Å². The molecule has 1 N–H and O–H groups in total. The van der Waals surface area contributed by atoms with Gasteiger partial charge in [0, 0.05) is 25.3 Å². The lowest BCUT2D eigenvalue weighted by Gasteiger charge is -2.32. The zero-order chi connectivity index (χ0) is 12.8. The third-order valence-electron chi connectivity index (χ3n) is 6.08. The summed E-state index contributed by atoms with van der Waals surface area (Å²) in [5.41, 5.74) is 1.34. The van der Waals surface area contributed by atoms with Crippen molar-refractivity contribution in [3.8, 4) is 0 Å². The van der Waals surface area contributed by atoms with Gasteiger partial charge < -0.3 is 5.32 Å². The van der Waals surface area contributed by atoms with E-state index in [4.69, 9.17) is 0 Å². The fourth-order valence-corrected chi connectivity index (χ4v) is 5.33. The number of hydrogen-bond donors (Lipinski definition) is 1. The Bertz CT molecular complexity index is 453. The van der Waals surface area contributed by atoms with Crippen LogP contribution in [0.4, 0.5) is 0 Å². The van der Waals surface area contributed by atoms with E-state index in [0.29, 0.717) is 0 Å². The van der Waals surface area contributed by atoms with Gasteiger partial charge in [0.25, 0.3) is 0 Å². The molecule has 3 aliphatic carbocycles. The van der Waals surface area contributed by atoms with Crippen LogP contribution in [0.1, 0.15) is 44.7 Å². The van der Waals surface area contributed by atoms with Crippen LogP contribution in [0.25, 0.3) is 0 Å². The summed E-state index contributed by atoms with van der Waals surface area (Å²) in [5, 5.41) is 8.20. The summed E-state index contributed by atoms with van der Waals surface area (Å²) >= 11 is 0. The number of fused-ring (bicyclic) bond motifs is 5. The van der Waals surface area contributed by atoms with E-state index in [-0.39, 0.29) is 0 Å². The molecule has 3 heteroatoms. The van der Waals surface area contributed by atoms with Gasteiger partial charge in [0.05, 0.1) is 5.69 Å². The largest absolute Gasteiger partial charge is 0.308 e. The van der Waals surface area contributed by atoms with Crippen molar-refractivity contribution in [1.29, 1.82) is 0 Å². The van der Waals surface area contributed by atoms with Crippen LogP contribution < -0.4 is 5.32 Å². The van der Waals surface area contributed by atoms with Crippen LogP contribution in [-0.2, 0) is 13.1 Å². The van der Waals surface area contributed by atoms with E-state index in [9.17, 15) is 0 Å². The minimum absolute atomic E-state index is 0.782. The van der Waals surface area contributed by atoms with E-state index in [0.717, 1.165) is 42.8 Å². The summed E-state index contributed by atoms with van der Waals surface area (Å²) in [4.78, 5) is 0. The molecule has 5 unspecified atom stereocenters. The Morgan fingerprint density at radius 3 is 3.05 bits per heavy atom. The highest BCUT2D eigenvalue weighted by molar-refractivity contribution is 5.07. The lowest BCUT2D eigenvalue weighted by atomic mass is 9.79. The molecule has 0 amide bonds. The normalized spacial score (nSPS) is 39.9. The number of nitrogens with zero attached hydrogens (tertiary/aromatic N) is 2. The van der Waals surface area contributed by atoms with Gasteiger partial charge >= 0.3 is 0 Å². The van der Waals surface area contributed by atoms with E-state index >= 15 is 0 Å². The molecule has 4 rings (SSSR count). The van der Waals surface area contributed by atoms with Gasteiger partial charge in [-0.15, -0.1) is 0 Å². The van der Waals surface area contributed by atoms with Gasteiger partial charge in [0.15, 0.2) is 0 Å². The second-order valence-electron chi connectivity index (χ2n) is 6.78. The summed E-state index contributed by atoms with van der Waals surface area (Å²) < 4.78 is 2.11. The maximum absolute atomic E-state index is 4.36. The molecule has 19 heavy (non-hydrogen) atoms. The minimum atomic E-state index is 0.782. The van der Waals surface area contributed by atoms with E-state index in [1.807, 2.05) is 6.20 Å². The quantitative estimate of drug-likeness (QED) is 0.901. The molecule has 0 aromatic carbocycles. The molecule has 0 saturated heterocycles. The van der Waals surface area contributed by atoms with Gasteiger partial charge in [-0.2, -0.15) is 5.10 Å². The van der Waals surface area contributed by atoms with Gasteiger partial charge in [-0.05, 0) is 62.3 Å². The Kier molecular flexibility index (Phi) is 2.91. The average molecular weight is 259 g/mol. The van der Waals surface area contributed by atoms with Crippen LogP contribution in [0.2, 0.25) is 0 Å². The molecule has 2 bridgehead atoms. The third kappa shape index (κ3) is 1.85. The van der Waals surface area contributed by atoms with E-state index in [1.165, 1.54) is 37.8 Å². The highest BCUT2D eigenvalue weighted by Gasteiger charge is 2.53. The lowest BCUT2D eigenvalue weighted by molar-refractivity contribution is 0.207. The van der Waals surface area contributed by atoms with Crippen molar-refractivity contribution in [1.82, 2.24) is 15.1 Å². The predicted molar refractivity (Wildman–Crippen MR) is 75.6 cm³/mol. The fourth-order valence-electron chi connectivity index (χ4n) is 5.33. The van der Waals surface area contributed by atoms with Crippen molar-refractivity contribution in [3.05, 3.63) is 18.0 Å². The Morgan fingerprint density at radius 1 is 1.26 bits per heavy atom. The number of rotatable bonds is 4. The number of aromatic nitrogens is 2. The van der Waals surface area contributed by atoms with Crippen molar-refractivity contribution in [2.75, 3.05) is 0 Å². The molecule has 1 aromatic rings. The molecule has 0 aliphatic heterocycles. The Morgan fingerprint density at radius 2 is 2.16 bits per heavy atom. The lowest BCUT2D eigenvalue weighted by Crippen LogP contribution is -2.39. The van der Waals surface area contributed by atoms with Crippen molar-refractivity contribution < 1.29 is 0 Å². The first-order valence-corrected chi connectivity index (χ1v) is 8.11. The Labute approximate surface area is 115 Å². The molecule has 5 atom stereocenters. The SMILES string of the molecule is CCn1nccc1CNC1CC2CC1C1CCCC21. The molecular weight excluding hydrogens is 234 g/mol. The zero-order valence-electron chi connectivity index (χ0n) is 11.9. The van der Waals surface area contributed by atoms with Crippen LogP contribution >= 0.6 is 0 Å². The zero-order valence-corrected chi connectivity index (χ0v) is 11.9. The average Bonchev–Trinajstić information content (AvgIpc) is 3.16. The Hall–Kier alpha value is -0.830. The Balaban J connectivity index is 1.40. The third-order valence-corrected chi connectivity index (χ3v) is 6.08. The van der Waals surface area contributed by atoms with Crippen LogP contribution in [-0.4, -0.2) is 15.8 Å². The van der Waals surface area contributed by atoms with Crippen LogP contribution in [0.5, 0.6) is 0 Å². The van der Waals surface area contributed by atoms with Gasteiger partial charge in [-0.3, -0.25) is 4.68 Å². The molecule has 0 spiro atoms. The molecule has 1 aromatic heterocycles. The highest BCUT2D eigenvalue weighted by Crippen LogP contribution is 2.58. The topological polar surface area (TPSA) is 29.9 Å². The second-order valence-corrected chi connectivity index (χ2v) is 6.78. The van der Waals surface area contributed by atoms with Crippen LogP contribution in [0.15, 0.2) is 12.3 Å². The molecular formula is C16H25N3. The number of nitrogens with one attached hydrogen (secondary N) is 1. The monoisotopic (exact) mass is 259 g/mol. The summed E-state index contributed by atoms with van der Waals surface area (Å²) in [5.74, 6) is 4.19. The summed E-state index contributed by atoms with van der Waals surface area (Å²) in [6.07, 6.45) is 9.41. The number of aryl methyl sites for hydroxylation is 1. The van der Waals surface area contributed by atoms with E-state index in [2.05, 4.69) is 28.1 Å².